The topological polar surface area (TPSA) is 32.3 Å². The van der Waals surface area contributed by atoms with Gasteiger partial charge in [0.25, 0.3) is 0 Å². The predicted octanol–water partition coefficient (Wildman–Crippen LogP) is 1.95. The molecule has 0 spiro atoms. The van der Waals surface area contributed by atoms with Gasteiger partial charge >= 0.3 is 0 Å². The molecule has 2 saturated heterocycles. The van der Waals surface area contributed by atoms with E-state index in [2.05, 4.69) is 17.1 Å². The Hall–Kier alpha value is -0.280. The molecule has 2 rings (SSSR count). The Bertz CT molecular complexity index is 229. The van der Waals surface area contributed by atoms with Gasteiger partial charge in [0.05, 0.1) is 0 Å². The van der Waals surface area contributed by atoms with Gasteiger partial charge in [-0.25, -0.2) is 0 Å². The number of nitrogens with zero attached hydrogens (tertiary/aromatic N) is 1. The van der Waals surface area contributed by atoms with Crippen LogP contribution in [0.4, 0.5) is 0 Å². The second-order valence-corrected chi connectivity index (χ2v) is 4.79. The molecule has 3 nitrogen and oxygen atoms in total. The lowest BCUT2D eigenvalue weighted by Crippen LogP contribution is -2.38. The SMILES string of the molecule is CCC1CCCN1C(=O)CC1CCCN1.Cl. The maximum atomic E-state index is 12.1. The summed E-state index contributed by atoms with van der Waals surface area (Å²) >= 11 is 0. The van der Waals surface area contributed by atoms with E-state index in [-0.39, 0.29) is 12.4 Å². The number of rotatable bonds is 3. The number of carbonyl (C=O) groups is 1. The number of likely N-dealkylation sites (tertiary alicyclic amines) is 1. The van der Waals surface area contributed by atoms with E-state index < -0.39 is 0 Å². The summed E-state index contributed by atoms with van der Waals surface area (Å²) in [6, 6.07) is 0.981. The van der Waals surface area contributed by atoms with Gasteiger partial charge in [0, 0.05) is 25.0 Å². The van der Waals surface area contributed by atoms with Gasteiger partial charge in [-0.15, -0.1) is 12.4 Å². The van der Waals surface area contributed by atoms with E-state index in [4.69, 9.17) is 0 Å². The first-order valence-corrected chi connectivity index (χ1v) is 6.34. The highest BCUT2D eigenvalue weighted by atomic mass is 35.5. The van der Waals surface area contributed by atoms with Crippen molar-refractivity contribution in [2.45, 2.75) is 57.5 Å². The summed E-state index contributed by atoms with van der Waals surface area (Å²) in [5.74, 6) is 0.374. The van der Waals surface area contributed by atoms with Crippen molar-refractivity contribution in [1.82, 2.24) is 10.2 Å². The lowest BCUT2D eigenvalue weighted by atomic mass is 10.1. The third kappa shape index (κ3) is 3.11. The number of hydrogen-bond acceptors (Lipinski definition) is 2. The first-order chi connectivity index (χ1) is 7.31. The molecule has 0 aromatic rings. The van der Waals surface area contributed by atoms with E-state index in [0.717, 1.165) is 25.9 Å². The first-order valence-electron chi connectivity index (χ1n) is 6.34. The lowest BCUT2D eigenvalue weighted by Gasteiger charge is -2.25. The molecular formula is C12H23ClN2O. The van der Waals surface area contributed by atoms with Gasteiger partial charge in [-0.2, -0.15) is 0 Å². The highest BCUT2D eigenvalue weighted by Gasteiger charge is 2.29. The predicted molar refractivity (Wildman–Crippen MR) is 67.9 cm³/mol. The van der Waals surface area contributed by atoms with E-state index in [1.54, 1.807) is 0 Å². The standard InChI is InChI=1S/C12H22N2O.ClH/c1-2-11-6-4-8-14(11)12(15)9-10-5-3-7-13-10;/h10-11,13H,2-9H2,1H3;1H. The Labute approximate surface area is 104 Å². The van der Waals surface area contributed by atoms with Crippen LogP contribution in [0.2, 0.25) is 0 Å². The minimum absolute atomic E-state index is 0. The maximum absolute atomic E-state index is 12.1. The summed E-state index contributed by atoms with van der Waals surface area (Å²) in [7, 11) is 0. The number of halogens is 1. The third-order valence-electron chi connectivity index (χ3n) is 3.75. The molecular weight excluding hydrogens is 224 g/mol. The average molecular weight is 247 g/mol. The Morgan fingerprint density at radius 3 is 2.81 bits per heavy atom. The van der Waals surface area contributed by atoms with Crippen LogP contribution in [0, 0.1) is 0 Å². The zero-order chi connectivity index (χ0) is 10.7. The maximum Gasteiger partial charge on any atom is 0.224 e. The van der Waals surface area contributed by atoms with Crippen molar-refractivity contribution in [2.75, 3.05) is 13.1 Å². The summed E-state index contributed by atoms with van der Waals surface area (Å²) in [5, 5.41) is 3.40. The van der Waals surface area contributed by atoms with E-state index in [1.165, 1.54) is 25.7 Å². The molecule has 0 aromatic heterocycles. The summed E-state index contributed by atoms with van der Waals surface area (Å²) < 4.78 is 0. The molecule has 2 aliphatic rings. The lowest BCUT2D eigenvalue weighted by molar-refractivity contribution is -0.132. The van der Waals surface area contributed by atoms with Crippen LogP contribution in [0.5, 0.6) is 0 Å². The number of carbonyl (C=O) groups excluding carboxylic acids is 1. The van der Waals surface area contributed by atoms with Crippen molar-refractivity contribution in [3.05, 3.63) is 0 Å². The molecule has 4 heteroatoms. The van der Waals surface area contributed by atoms with Crippen LogP contribution in [-0.4, -0.2) is 36.0 Å². The largest absolute Gasteiger partial charge is 0.340 e. The Balaban J connectivity index is 0.00000128. The van der Waals surface area contributed by atoms with Crippen molar-refractivity contribution in [2.24, 2.45) is 0 Å². The van der Waals surface area contributed by atoms with Crippen LogP contribution >= 0.6 is 12.4 Å². The Morgan fingerprint density at radius 1 is 1.38 bits per heavy atom. The fourth-order valence-corrected chi connectivity index (χ4v) is 2.85. The van der Waals surface area contributed by atoms with E-state index in [1.807, 2.05) is 0 Å². The van der Waals surface area contributed by atoms with Gasteiger partial charge in [-0.3, -0.25) is 4.79 Å². The fourth-order valence-electron chi connectivity index (χ4n) is 2.85. The van der Waals surface area contributed by atoms with E-state index in [9.17, 15) is 4.79 Å². The molecule has 0 aromatic carbocycles. The summed E-state index contributed by atoms with van der Waals surface area (Å²) in [4.78, 5) is 14.2. The molecule has 0 saturated carbocycles. The van der Waals surface area contributed by atoms with Crippen LogP contribution in [0.3, 0.4) is 0 Å². The molecule has 2 unspecified atom stereocenters. The van der Waals surface area contributed by atoms with Crippen molar-refractivity contribution in [3.63, 3.8) is 0 Å². The second kappa shape index (κ2) is 6.45. The third-order valence-corrected chi connectivity index (χ3v) is 3.75. The molecule has 2 fully saturated rings. The van der Waals surface area contributed by atoms with Gasteiger partial charge in [-0.1, -0.05) is 6.92 Å². The van der Waals surface area contributed by atoms with Crippen molar-refractivity contribution < 1.29 is 4.79 Å². The van der Waals surface area contributed by atoms with E-state index >= 15 is 0 Å². The van der Waals surface area contributed by atoms with Crippen LogP contribution in [-0.2, 0) is 4.79 Å². The summed E-state index contributed by atoms with van der Waals surface area (Å²) in [6.45, 7) is 4.27. The summed E-state index contributed by atoms with van der Waals surface area (Å²) in [5.41, 5.74) is 0. The van der Waals surface area contributed by atoms with Gasteiger partial charge in [0.2, 0.25) is 5.91 Å². The van der Waals surface area contributed by atoms with Gasteiger partial charge in [0.15, 0.2) is 0 Å². The van der Waals surface area contributed by atoms with Crippen LogP contribution < -0.4 is 5.32 Å². The highest BCUT2D eigenvalue weighted by molar-refractivity contribution is 5.85. The first kappa shape index (κ1) is 13.8. The van der Waals surface area contributed by atoms with Gasteiger partial charge < -0.3 is 10.2 Å². The molecule has 1 amide bonds. The molecule has 94 valence electrons. The fraction of sp³-hybridized carbons (Fsp3) is 0.917. The molecule has 2 aliphatic heterocycles. The van der Waals surface area contributed by atoms with Crippen molar-refractivity contribution in [3.8, 4) is 0 Å². The number of nitrogens with one attached hydrogen (secondary N) is 1. The zero-order valence-electron chi connectivity index (χ0n) is 10.1. The van der Waals surface area contributed by atoms with Crippen molar-refractivity contribution in [1.29, 1.82) is 0 Å². The molecule has 0 aliphatic carbocycles. The average Bonchev–Trinajstić information content (AvgIpc) is 2.86. The van der Waals surface area contributed by atoms with Crippen LogP contribution in [0.1, 0.15) is 45.4 Å². The molecule has 16 heavy (non-hydrogen) atoms. The van der Waals surface area contributed by atoms with Crippen LogP contribution in [0.15, 0.2) is 0 Å². The van der Waals surface area contributed by atoms with Gasteiger partial charge in [-0.05, 0) is 38.6 Å². The molecule has 2 heterocycles. The monoisotopic (exact) mass is 246 g/mol. The Morgan fingerprint density at radius 2 is 2.19 bits per heavy atom. The van der Waals surface area contributed by atoms with Gasteiger partial charge in [0.1, 0.15) is 0 Å². The van der Waals surface area contributed by atoms with E-state index in [0.29, 0.717) is 18.0 Å². The smallest absolute Gasteiger partial charge is 0.224 e. The van der Waals surface area contributed by atoms with Crippen molar-refractivity contribution >= 4 is 18.3 Å². The normalized spacial score (nSPS) is 29.2. The molecule has 2 atom stereocenters. The minimum Gasteiger partial charge on any atom is -0.340 e. The van der Waals surface area contributed by atoms with Crippen LogP contribution in [0.25, 0.3) is 0 Å². The second-order valence-electron chi connectivity index (χ2n) is 4.79. The quantitative estimate of drug-likeness (QED) is 0.826. The highest BCUT2D eigenvalue weighted by Crippen LogP contribution is 2.22. The zero-order valence-corrected chi connectivity index (χ0v) is 10.9. The molecule has 0 bridgehead atoms. The summed E-state index contributed by atoms with van der Waals surface area (Å²) in [6.07, 6.45) is 6.65. The number of hydrogen-bond donors (Lipinski definition) is 1. The minimum atomic E-state index is 0. The number of amides is 1. The molecule has 1 N–H and O–H groups in total. The molecule has 0 radical (unpaired) electrons. The Kier molecular flexibility index (Phi) is 5.56.